The van der Waals surface area contributed by atoms with Gasteiger partial charge in [-0.3, -0.25) is 4.79 Å². The van der Waals surface area contributed by atoms with Crippen molar-refractivity contribution in [3.63, 3.8) is 0 Å². The van der Waals surface area contributed by atoms with Crippen LogP contribution >= 0.6 is 0 Å². The van der Waals surface area contributed by atoms with Gasteiger partial charge in [0, 0.05) is 72.0 Å². The zero-order valence-corrected chi connectivity index (χ0v) is 17.1. The molecule has 0 bridgehead atoms. The topological polar surface area (TPSA) is 91.2 Å². The van der Waals surface area contributed by atoms with Crippen molar-refractivity contribution in [1.82, 2.24) is 29.2 Å². The monoisotopic (exact) mass is 419 g/mol. The van der Waals surface area contributed by atoms with Gasteiger partial charge in [-0.25, -0.2) is 14.4 Å². The molecule has 8 nitrogen and oxygen atoms in total. The van der Waals surface area contributed by atoms with Gasteiger partial charge < -0.3 is 19.6 Å². The fourth-order valence-corrected chi connectivity index (χ4v) is 5.08. The molecule has 1 aliphatic heterocycles. The molecule has 1 aliphatic carbocycles. The molecule has 0 unspecified atom stereocenters. The number of fused-ring (bicyclic) bond motifs is 2. The maximum absolute atomic E-state index is 14.4. The molecule has 1 saturated heterocycles. The summed E-state index contributed by atoms with van der Waals surface area (Å²) in [5.41, 5.74) is 2.48. The van der Waals surface area contributed by atoms with E-state index in [-0.39, 0.29) is 23.3 Å². The second-order valence-electron chi connectivity index (χ2n) is 8.79. The molecule has 2 fully saturated rings. The number of anilines is 1. The minimum atomic E-state index is -0.374. The summed E-state index contributed by atoms with van der Waals surface area (Å²) in [4.78, 5) is 30.4. The van der Waals surface area contributed by atoms with Crippen LogP contribution in [0.15, 0.2) is 37.1 Å². The van der Waals surface area contributed by atoms with Crippen molar-refractivity contribution in [2.24, 2.45) is 0 Å². The lowest BCUT2D eigenvalue weighted by Crippen LogP contribution is -2.59. The third kappa shape index (κ3) is 2.87. The van der Waals surface area contributed by atoms with E-state index in [1.54, 1.807) is 23.0 Å². The molecule has 1 saturated carbocycles. The van der Waals surface area contributed by atoms with Crippen molar-refractivity contribution in [2.75, 3.05) is 11.9 Å². The average molecular weight is 419 g/mol. The second kappa shape index (κ2) is 6.50. The van der Waals surface area contributed by atoms with Crippen molar-refractivity contribution < 1.29 is 9.18 Å². The van der Waals surface area contributed by atoms with Gasteiger partial charge in [0.15, 0.2) is 11.5 Å². The number of H-pyrrole nitrogens is 1. The summed E-state index contributed by atoms with van der Waals surface area (Å²) in [5.74, 6) is 0.445. The number of carbonyl (C=O) groups is 1. The molecule has 0 radical (unpaired) electrons. The maximum atomic E-state index is 14.4. The quantitative estimate of drug-likeness (QED) is 0.529. The van der Waals surface area contributed by atoms with E-state index >= 15 is 0 Å². The Morgan fingerprint density at radius 3 is 3.00 bits per heavy atom. The molecule has 6 rings (SSSR count). The molecule has 5 heterocycles. The lowest BCUT2D eigenvalue weighted by molar-refractivity contribution is -0.136. The minimum Gasteiger partial charge on any atom is -0.351 e. The first-order valence-electron chi connectivity index (χ1n) is 10.5. The zero-order valence-electron chi connectivity index (χ0n) is 17.1. The van der Waals surface area contributed by atoms with Crippen molar-refractivity contribution >= 4 is 28.5 Å². The molecule has 2 N–H and O–H groups in total. The zero-order chi connectivity index (χ0) is 21.2. The fourth-order valence-electron chi connectivity index (χ4n) is 5.08. The van der Waals surface area contributed by atoms with E-state index in [9.17, 15) is 9.18 Å². The summed E-state index contributed by atoms with van der Waals surface area (Å²) in [6, 6.07) is 1.72. The standard InChI is InChI=1S/C22H22FN7O/c1-22(30-5-2-3-18(30)31)8-14(9-22)27-21-26-11-16-15(10-25-19(16)28-21)13-7-17(23)20-24-4-6-29(20)12-13/h4,6-7,10-12,14H,2-3,5,8-9H2,1H3,(H2,25,26,27,28). The Kier molecular flexibility index (Phi) is 3.84. The number of nitrogens with one attached hydrogen (secondary N) is 2. The molecule has 0 atom stereocenters. The van der Waals surface area contributed by atoms with Crippen LogP contribution in [-0.2, 0) is 4.79 Å². The van der Waals surface area contributed by atoms with Gasteiger partial charge in [0.05, 0.1) is 0 Å². The Hall–Kier alpha value is -3.49. The van der Waals surface area contributed by atoms with Gasteiger partial charge in [-0.05, 0) is 32.3 Å². The van der Waals surface area contributed by atoms with E-state index in [0.29, 0.717) is 23.7 Å². The van der Waals surface area contributed by atoms with E-state index < -0.39 is 0 Å². The summed E-state index contributed by atoms with van der Waals surface area (Å²) >= 11 is 0. The summed E-state index contributed by atoms with van der Waals surface area (Å²) in [6.07, 6.45) is 12.1. The first kappa shape index (κ1) is 18.3. The van der Waals surface area contributed by atoms with Crippen molar-refractivity contribution in [3.05, 3.63) is 42.9 Å². The van der Waals surface area contributed by atoms with E-state index in [0.717, 1.165) is 42.3 Å². The smallest absolute Gasteiger partial charge is 0.224 e. The van der Waals surface area contributed by atoms with Gasteiger partial charge in [-0.2, -0.15) is 4.98 Å². The summed E-state index contributed by atoms with van der Waals surface area (Å²) in [7, 11) is 0. The van der Waals surface area contributed by atoms with Crippen LogP contribution < -0.4 is 5.32 Å². The van der Waals surface area contributed by atoms with Gasteiger partial charge >= 0.3 is 0 Å². The number of amides is 1. The Morgan fingerprint density at radius 1 is 1.32 bits per heavy atom. The molecular weight excluding hydrogens is 397 g/mol. The minimum absolute atomic E-state index is 0.0645. The van der Waals surface area contributed by atoms with E-state index in [1.165, 1.54) is 6.07 Å². The highest BCUT2D eigenvalue weighted by Gasteiger charge is 2.48. The third-order valence-corrected chi connectivity index (χ3v) is 6.62. The molecule has 0 spiro atoms. The second-order valence-corrected chi connectivity index (χ2v) is 8.79. The Bertz CT molecular complexity index is 1320. The number of likely N-dealkylation sites (tertiary alicyclic amines) is 1. The van der Waals surface area contributed by atoms with Crippen LogP contribution in [-0.4, -0.2) is 53.3 Å². The van der Waals surface area contributed by atoms with E-state index in [4.69, 9.17) is 0 Å². The van der Waals surface area contributed by atoms with Crippen molar-refractivity contribution in [2.45, 2.75) is 44.2 Å². The summed E-state index contributed by atoms with van der Waals surface area (Å²) < 4.78 is 16.0. The first-order valence-corrected chi connectivity index (χ1v) is 10.5. The van der Waals surface area contributed by atoms with Gasteiger partial charge in [-0.1, -0.05) is 0 Å². The van der Waals surface area contributed by atoms with E-state index in [2.05, 4.69) is 32.2 Å². The number of halogens is 1. The van der Waals surface area contributed by atoms with Crippen molar-refractivity contribution in [3.8, 4) is 11.1 Å². The first-order chi connectivity index (χ1) is 15.0. The van der Waals surface area contributed by atoms with Gasteiger partial charge in [0.1, 0.15) is 5.65 Å². The van der Waals surface area contributed by atoms with Gasteiger partial charge in [0.2, 0.25) is 11.9 Å². The maximum Gasteiger partial charge on any atom is 0.224 e. The number of carbonyl (C=O) groups excluding carboxylic acids is 1. The Morgan fingerprint density at radius 2 is 2.19 bits per heavy atom. The van der Waals surface area contributed by atoms with Crippen LogP contribution in [0.4, 0.5) is 10.3 Å². The lowest BCUT2D eigenvalue weighted by Gasteiger charge is -2.51. The number of aromatic nitrogens is 5. The predicted molar refractivity (Wildman–Crippen MR) is 114 cm³/mol. The number of rotatable bonds is 4. The van der Waals surface area contributed by atoms with Crippen LogP contribution in [0.5, 0.6) is 0 Å². The van der Waals surface area contributed by atoms with Crippen LogP contribution in [0.2, 0.25) is 0 Å². The van der Waals surface area contributed by atoms with Crippen molar-refractivity contribution in [1.29, 1.82) is 0 Å². The summed E-state index contributed by atoms with van der Waals surface area (Å²) in [6.45, 7) is 3.02. The third-order valence-electron chi connectivity index (χ3n) is 6.62. The highest BCUT2D eigenvalue weighted by Crippen LogP contribution is 2.41. The highest BCUT2D eigenvalue weighted by atomic mass is 19.1. The van der Waals surface area contributed by atoms with E-state index in [1.807, 2.05) is 17.3 Å². The number of hydrogen-bond acceptors (Lipinski definition) is 5. The number of hydrogen-bond donors (Lipinski definition) is 2. The number of aromatic amines is 1. The Balaban J connectivity index is 1.22. The van der Waals surface area contributed by atoms with Crippen LogP contribution in [0, 0.1) is 5.82 Å². The van der Waals surface area contributed by atoms with Gasteiger partial charge in [0.25, 0.3) is 0 Å². The Labute approximate surface area is 177 Å². The largest absolute Gasteiger partial charge is 0.351 e. The van der Waals surface area contributed by atoms with Crippen LogP contribution in [0.1, 0.15) is 32.6 Å². The molecular formula is C22H22FN7O. The lowest BCUT2D eigenvalue weighted by atomic mass is 9.73. The molecule has 2 aliphatic rings. The fraction of sp³-hybridized carbons (Fsp3) is 0.364. The molecule has 0 aromatic carbocycles. The number of imidazole rings is 1. The average Bonchev–Trinajstić information content (AvgIpc) is 3.45. The molecule has 4 aromatic rings. The molecule has 1 amide bonds. The summed E-state index contributed by atoms with van der Waals surface area (Å²) in [5, 5.41) is 4.21. The van der Waals surface area contributed by atoms with Crippen LogP contribution in [0.3, 0.4) is 0 Å². The van der Waals surface area contributed by atoms with Gasteiger partial charge in [-0.15, -0.1) is 0 Å². The molecule has 31 heavy (non-hydrogen) atoms. The SMILES string of the molecule is CC1(N2CCCC2=O)CC(Nc2ncc3c(-c4cc(F)c5nccn5c4)c[nH]c3n2)C1. The molecule has 9 heteroatoms. The number of pyridine rings is 1. The predicted octanol–water partition coefficient (Wildman–Crippen LogP) is 3.37. The molecule has 158 valence electrons. The highest BCUT2D eigenvalue weighted by molar-refractivity contribution is 5.93. The normalized spacial score (nSPS) is 23.6. The molecule has 4 aromatic heterocycles. The van der Waals surface area contributed by atoms with Crippen LogP contribution in [0.25, 0.3) is 27.8 Å². The number of nitrogens with zero attached hydrogens (tertiary/aromatic N) is 5.